The van der Waals surface area contributed by atoms with Gasteiger partial charge in [0.15, 0.2) is 0 Å². The molecule has 3 aromatic carbocycles. The zero-order valence-electron chi connectivity index (χ0n) is 20.4. The molecule has 1 amide bonds. The molecule has 37 heavy (non-hydrogen) atoms. The van der Waals surface area contributed by atoms with Gasteiger partial charge in [0.25, 0.3) is 5.91 Å². The van der Waals surface area contributed by atoms with E-state index in [1.54, 1.807) is 17.6 Å². The second-order valence-corrected chi connectivity index (χ2v) is 9.81. The van der Waals surface area contributed by atoms with Crippen molar-refractivity contribution in [2.75, 3.05) is 19.7 Å². The third kappa shape index (κ3) is 7.43. The SMILES string of the molecule is Cc1cc(/C=N/NC(=O)c2ccc(O)c(Cl)c2)cc(-c2ccccc2)c1OCCNCCc1cccs1.[HH].[HH]. The van der Waals surface area contributed by atoms with E-state index in [1.807, 2.05) is 49.4 Å². The Labute approximate surface area is 228 Å². The summed E-state index contributed by atoms with van der Waals surface area (Å²) in [4.78, 5) is 13.7. The Morgan fingerprint density at radius 1 is 1.11 bits per heavy atom. The number of halogens is 1. The second kappa shape index (κ2) is 13.1. The number of benzene rings is 3. The summed E-state index contributed by atoms with van der Waals surface area (Å²) in [5.41, 5.74) is 6.58. The quantitative estimate of drug-likeness (QED) is 0.115. The summed E-state index contributed by atoms with van der Waals surface area (Å²) in [5.74, 6) is 0.318. The first-order chi connectivity index (χ1) is 18.0. The molecule has 0 aliphatic rings. The van der Waals surface area contributed by atoms with E-state index in [0.29, 0.717) is 12.2 Å². The topological polar surface area (TPSA) is 83.0 Å². The molecule has 3 N–H and O–H groups in total. The van der Waals surface area contributed by atoms with Crippen LogP contribution >= 0.6 is 22.9 Å². The number of phenolic OH excluding ortho intramolecular Hbond substituents is 1. The highest BCUT2D eigenvalue weighted by atomic mass is 35.5. The average Bonchev–Trinajstić information content (AvgIpc) is 3.42. The molecule has 4 rings (SSSR count). The molecule has 0 fully saturated rings. The third-order valence-electron chi connectivity index (χ3n) is 5.62. The van der Waals surface area contributed by atoms with E-state index in [0.717, 1.165) is 47.5 Å². The zero-order chi connectivity index (χ0) is 26.0. The lowest BCUT2D eigenvalue weighted by atomic mass is 9.99. The smallest absolute Gasteiger partial charge is 0.271 e. The van der Waals surface area contributed by atoms with Crippen LogP contribution in [0.4, 0.5) is 0 Å². The molecule has 0 atom stereocenters. The number of nitrogens with one attached hydrogen (secondary N) is 2. The lowest BCUT2D eigenvalue weighted by Gasteiger charge is -2.16. The van der Waals surface area contributed by atoms with Crippen LogP contribution in [0.2, 0.25) is 5.02 Å². The highest BCUT2D eigenvalue weighted by Crippen LogP contribution is 2.34. The molecular formula is C29H32ClN3O3S. The second-order valence-electron chi connectivity index (χ2n) is 8.37. The van der Waals surface area contributed by atoms with Gasteiger partial charge < -0.3 is 15.2 Å². The molecular weight excluding hydrogens is 506 g/mol. The number of aromatic hydroxyl groups is 1. The monoisotopic (exact) mass is 537 g/mol. The van der Waals surface area contributed by atoms with Gasteiger partial charge in [0.1, 0.15) is 18.1 Å². The van der Waals surface area contributed by atoms with Gasteiger partial charge in [-0.05, 0) is 71.8 Å². The molecule has 0 spiro atoms. The van der Waals surface area contributed by atoms with E-state index in [4.69, 9.17) is 16.3 Å². The molecule has 4 aromatic rings. The summed E-state index contributed by atoms with van der Waals surface area (Å²) in [6, 6.07) is 22.5. The highest BCUT2D eigenvalue weighted by molar-refractivity contribution is 7.09. The standard InChI is InChI=1S/C29H28ClN3O3S.2H2/c1-20-16-21(19-32-33-29(35)23-9-10-27(34)26(30)18-23)17-25(22-6-3-2-4-7-22)28(20)36-14-13-31-12-11-24-8-5-15-37-24;;/h2-10,15-19,31,34H,11-14H2,1H3,(H,33,35);2*1H/b32-19+;;. The van der Waals surface area contributed by atoms with Crippen LogP contribution < -0.4 is 15.5 Å². The van der Waals surface area contributed by atoms with Crippen molar-refractivity contribution in [2.45, 2.75) is 13.3 Å². The number of hydrogen-bond acceptors (Lipinski definition) is 6. The minimum atomic E-state index is -0.426. The summed E-state index contributed by atoms with van der Waals surface area (Å²) in [6.45, 7) is 4.20. The van der Waals surface area contributed by atoms with E-state index in [2.05, 4.69) is 33.4 Å². The molecule has 0 radical (unpaired) electrons. The molecule has 194 valence electrons. The van der Waals surface area contributed by atoms with Crippen molar-refractivity contribution in [2.24, 2.45) is 5.10 Å². The number of carbonyl (C=O) groups is 1. The first-order valence-electron chi connectivity index (χ1n) is 11.9. The molecule has 0 aliphatic heterocycles. The molecule has 0 bridgehead atoms. The number of aryl methyl sites for hydroxylation is 1. The number of carbonyl (C=O) groups excluding carboxylic acids is 1. The summed E-state index contributed by atoms with van der Waals surface area (Å²) in [6.07, 6.45) is 2.60. The zero-order valence-corrected chi connectivity index (χ0v) is 22.0. The fourth-order valence-electron chi connectivity index (χ4n) is 3.79. The molecule has 1 heterocycles. The minimum Gasteiger partial charge on any atom is -0.506 e. The van der Waals surface area contributed by atoms with Crippen molar-refractivity contribution in [3.05, 3.63) is 105 Å². The first-order valence-corrected chi connectivity index (χ1v) is 13.1. The Kier molecular flexibility index (Phi) is 9.32. The highest BCUT2D eigenvalue weighted by Gasteiger charge is 2.12. The van der Waals surface area contributed by atoms with E-state index in [1.165, 1.54) is 23.1 Å². The van der Waals surface area contributed by atoms with Crippen LogP contribution in [0.3, 0.4) is 0 Å². The Hall–Kier alpha value is -3.65. The number of thiophene rings is 1. The van der Waals surface area contributed by atoms with Crippen molar-refractivity contribution in [3.8, 4) is 22.6 Å². The molecule has 0 saturated heterocycles. The van der Waals surface area contributed by atoms with E-state index in [9.17, 15) is 9.90 Å². The molecule has 0 saturated carbocycles. The number of phenols is 1. The average molecular weight is 538 g/mol. The molecule has 0 unspecified atom stereocenters. The largest absolute Gasteiger partial charge is 0.506 e. The van der Waals surface area contributed by atoms with Crippen molar-refractivity contribution < 1.29 is 17.5 Å². The Bertz CT molecular complexity index is 1370. The lowest BCUT2D eigenvalue weighted by Crippen LogP contribution is -2.23. The van der Waals surface area contributed by atoms with Crippen LogP contribution in [-0.2, 0) is 6.42 Å². The maximum Gasteiger partial charge on any atom is 0.271 e. The van der Waals surface area contributed by atoms with Crippen LogP contribution in [0, 0.1) is 6.92 Å². The predicted molar refractivity (Wildman–Crippen MR) is 155 cm³/mol. The first kappa shape index (κ1) is 26.4. The van der Waals surface area contributed by atoms with Crippen molar-refractivity contribution in [3.63, 3.8) is 0 Å². The molecule has 0 aliphatic carbocycles. The Morgan fingerprint density at radius 3 is 2.70 bits per heavy atom. The van der Waals surface area contributed by atoms with Gasteiger partial charge in [0.2, 0.25) is 0 Å². The van der Waals surface area contributed by atoms with Crippen molar-refractivity contribution >= 4 is 35.1 Å². The third-order valence-corrected chi connectivity index (χ3v) is 6.86. The van der Waals surface area contributed by atoms with Gasteiger partial charge in [-0.2, -0.15) is 5.10 Å². The fourth-order valence-corrected chi connectivity index (χ4v) is 4.68. The number of nitrogens with zero attached hydrogens (tertiary/aromatic N) is 1. The summed E-state index contributed by atoms with van der Waals surface area (Å²) >= 11 is 7.67. The number of hydrazone groups is 1. The van der Waals surface area contributed by atoms with Crippen LogP contribution in [0.5, 0.6) is 11.5 Å². The van der Waals surface area contributed by atoms with E-state index < -0.39 is 5.91 Å². The number of rotatable bonds is 11. The normalized spacial score (nSPS) is 11.1. The summed E-state index contributed by atoms with van der Waals surface area (Å²) < 4.78 is 6.23. The maximum absolute atomic E-state index is 12.4. The van der Waals surface area contributed by atoms with Crippen LogP contribution in [0.15, 0.2) is 83.3 Å². The fraction of sp³-hybridized carbons (Fsp3) is 0.172. The maximum atomic E-state index is 12.4. The Morgan fingerprint density at radius 2 is 1.95 bits per heavy atom. The summed E-state index contributed by atoms with van der Waals surface area (Å²) in [5, 5.41) is 19.3. The summed E-state index contributed by atoms with van der Waals surface area (Å²) in [7, 11) is 0. The van der Waals surface area contributed by atoms with Gasteiger partial charge in [-0.15, -0.1) is 11.3 Å². The van der Waals surface area contributed by atoms with E-state index in [-0.39, 0.29) is 13.6 Å². The number of hydrogen-bond donors (Lipinski definition) is 3. The number of ether oxygens (including phenoxy) is 1. The molecule has 6 nitrogen and oxygen atoms in total. The molecule has 1 aromatic heterocycles. The molecule has 8 heteroatoms. The van der Waals surface area contributed by atoms with Gasteiger partial charge in [-0.1, -0.05) is 48.0 Å². The van der Waals surface area contributed by atoms with Gasteiger partial charge in [0.05, 0.1) is 11.2 Å². The van der Waals surface area contributed by atoms with Gasteiger partial charge in [0, 0.05) is 31.9 Å². The van der Waals surface area contributed by atoms with Crippen LogP contribution in [0.25, 0.3) is 11.1 Å². The van der Waals surface area contributed by atoms with Crippen LogP contribution in [-0.4, -0.2) is 36.9 Å². The lowest BCUT2D eigenvalue weighted by molar-refractivity contribution is 0.0955. The van der Waals surface area contributed by atoms with E-state index >= 15 is 0 Å². The van der Waals surface area contributed by atoms with Gasteiger partial charge in [-0.25, -0.2) is 5.43 Å². The predicted octanol–water partition coefficient (Wildman–Crippen LogP) is 6.55. The number of amides is 1. The van der Waals surface area contributed by atoms with Crippen molar-refractivity contribution in [1.82, 2.24) is 10.7 Å². The Balaban J connectivity index is 0.00000267. The van der Waals surface area contributed by atoms with Gasteiger partial charge in [-0.3, -0.25) is 4.79 Å². The van der Waals surface area contributed by atoms with Crippen LogP contribution in [0.1, 0.15) is 29.2 Å². The van der Waals surface area contributed by atoms with Gasteiger partial charge >= 0.3 is 0 Å². The minimum absolute atomic E-state index is 0. The van der Waals surface area contributed by atoms with Crippen molar-refractivity contribution in [1.29, 1.82) is 0 Å².